The SMILES string of the molecule is CCC(C)NCC(O)COc1ccccc1Cl.Cl. The molecule has 0 bridgehead atoms. The Morgan fingerprint density at radius 1 is 1.39 bits per heavy atom. The standard InChI is InChI=1S/C13H20ClNO2.ClH/c1-3-10(2)15-8-11(16)9-17-13-7-5-4-6-12(13)14;/h4-7,10-11,15-16H,3,8-9H2,1-2H3;1H. The number of ether oxygens (including phenoxy) is 1. The maximum atomic E-state index is 9.72. The van der Waals surface area contributed by atoms with Crippen molar-refractivity contribution in [2.45, 2.75) is 32.4 Å². The molecule has 18 heavy (non-hydrogen) atoms. The predicted octanol–water partition coefficient (Wildman–Crippen LogP) is 2.89. The lowest BCUT2D eigenvalue weighted by Crippen LogP contribution is -2.36. The zero-order valence-corrected chi connectivity index (χ0v) is 12.3. The lowest BCUT2D eigenvalue weighted by Gasteiger charge is -2.16. The molecule has 0 fully saturated rings. The summed E-state index contributed by atoms with van der Waals surface area (Å²) < 4.78 is 5.44. The Bertz CT molecular complexity index is 337. The lowest BCUT2D eigenvalue weighted by molar-refractivity contribution is 0.104. The van der Waals surface area contributed by atoms with Crippen LogP contribution >= 0.6 is 24.0 Å². The molecule has 5 heteroatoms. The van der Waals surface area contributed by atoms with Crippen molar-refractivity contribution in [2.24, 2.45) is 0 Å². The fourth-order valence-electron chi connectivity index (χ4n) is 1.29. The molecule has 1 aromatic rings. The van der Waals surface area contributed by atoms with Crippen LogP contribution in [0.15, 0.2) is 24.3 Å². The van der Waals surface area contributed by atoms with Gasteiger partial charge in [0.25, 0.3) is 0 Å². The van der Waals surface area contributed by atoms with Crippen molar-refractivity contribution in [3.63, 3.8) is 0 Å². The van der Waals surface area contributed by atoms with Gasteiger partial charge in [-0.2, -0.15) is 0 Å². The van der Waals surface area contributed by atoms with Gasteiger partial charge in [0.05, 0.1) is 5.02 Å². The number of hydrogen-bond donors (Lipinski definition) is 2. The number of aliphatic hydroxyl groups excluding tert-OH is 1. The molecule has 2 N–H and O–H groups in total. The van der Waals surface area contributed by atoms with Crippen molar-refractivity contribution in [1.29, 1.82) is 0 Å². The lowest BCUT2D eigenvalue weighted by atomic mass is 10.2. The Morgan fingerprint density at radius 2 is 2.06 bits per heavy atom. The van der Waals surface area contributed by atoms with E-state index >= 15 is 0 Å². The summed E-state index contributed by atoms with van der Waals surface area (Å²) in [5, 5.41) is 13.5. The Labute approximate surface area is 120 Å². The number of hydrogen-bond acceptors (Lipinski definition) is 3. The first kappa shape index (κ1) is 17.5. The summed E-state index contributed by atoms with van der Waals surface area (Å²) in [6.45, 7) is 4.96. The molecule has 0 amide bonds. The molecule has 0 spiro atoms. The third-order valence-electron chi connectivity index (χ3n) is 2.58. The molecule has 0 aliphatic heterocycles. The monoisotopic (exact) mass is 293 g/mol. The van der Waals surface area contributed by atoms with Crippen LogP contribution in [-0.4, -0.2) is 30.4 Å². The molecule has 0 aromatic heterocycles. The van der Waals surface area contributed by atoms with Gasteiger partial charge in [-0.1, -0.05) is 30.7 Å². The predicted molar refractivity (Wildman–Crippen MR) is 78.0 cm³/mol. The third-order valence-corrected chi connectivity index (χ3v) is 2.89. The van der Waals surface area contributed by atoms with Crippen molar-refractivity contribution in [3.05, 3.63) is 29.3 Å². The molecule has 0 saturated heterocycles. The van der Waals surface area contributed by atoms with Crippen LogP contribution in [0.25, 0.3) is 0 Å². The molecule has 2 unspecified atom stereocenters. The van der Waals surface area contributed by atoms with Crippen molar-refractivity contribution >= 4 is 24.0 Å². The maximum Gasteiger partial charge on any atom is 0.138 e. The molecular formula is C13H21Cl2NO2. The van der Waals surface area contributed by atoms with Crippen LogP contribution < -0.4 is 10.1 Å². The number of rotatable bonds is 7. The van der Waals surface area contributed by atoms with Gasteiger partial charge in [-0.05, 0) is 25.5 Å². The highest BCUT2D eigenvalue weighted by atomic mass is 35.5. The second-order valence-electron chi connectivity index (χ2n) is 4.11. The van der Waals surface area contributed by atoms with Crippen LogP contribution in [0.1, 0.15) is 20.3 Å². The molecule has 0 radical (unpaired) electrons. The van der Waals surface area contributed by atoms with Crippen LogP contribution in [0.3, 0.4) is 0 Å². The van der Waals surface area contributed by atoms with Gasteiger partial charge >= 0.3 is 0 Å². The molecule has 0 aliphatic carbocycles. The number of aliphatic hydroxyl groups is 1. The van der Waals surface area contributed by atoms with Crippen molar-refractivity contribution in [2.75, 3.05) is 13.2 Å². The van der Waals surface area contributed by atoms with E-state index in [1.165, 1.54) is 0 Å². The van der Waals surface area contributed by atoms with E-state index in [9.17, 15) is 5.11 Å². The van der Waals surface area contributed by atoms with Crippen molar-refractivity contribution in [1.82, 2.24) is 5.32 Å². The highest BCUT2D eigenvalue weighted by Crippen LogP contribution is 2.22. The summed E-state index contributed by atoms with van der Waals surface area (Å²) in [5.41, 5.74) is 0. The first-order valence-electron chi connectivity index (χ1n) is 5.92. The van der Waals surface area contributed by atoms with Gasteiger partial charge in [-0.15, -0.1) is 12.4 Å². The van der Waals surface area contributed by atoms with Crippen LogP contribution in [-0.2, 0) is 0 Å². The molecule has 0 aliphatic rings. The van der Waals surface area contributed by atoms with Crippen LogP contribution in [0.2, 0.25) is 5.02 Å². The molecule has 1 aromatic carbocycles. The average molecular weight is 294 g/mol. The van der Waals surface area contributed by atoms with Crippen LogP contribution in [0.4, 0.5) is 0 Å². The molecule has 0 heterocycles. The average Bonchev–Trinajstić information content (AvgIpc) is 2.35. The molecule has 3 nitrogen and oxygen atoms in total. The molecule has 0 saturated carbocycles. The minimum atomic E-state index is -0.528. The number of benzene rings is 1. The summed E-state index contributed by atoms with van der Waals surface area (Å²) in [7, 11) is 0. The van der Waals surface area contributed by atoms with E-state index in [0.717, 1.165) is 6.42 Å². The van der Waals surface area contributed by atoms with Gasteiger partial charge in [-0.25, -0.2) is 0 Å². The summed E-state index contributed by atoms with van der Waals surface area (Å²) >= 11 is 5.94. The number of nitrogens with one attached hydrogen (secondary N) is 1. The van der Waals surface area contributed by atoms with Gasteiger partial charge in [0, 0.05) is 12.6 Å². The Morgan fingerprint density at radius 3 is 2.67 bits per heavy atom. The molecule has 1 rings (SSSR count). The molecule has 2 atom stereocenters. The number of halogens is 2. The van der Waals surface area contributed by atoms with E-state index in [0.29, 0.717) is 23.4 Å². The summed E-state index contributed by atoms with van der Waals surface area (Å²) in [4.78, 5) is 0. The van der Waals surface area contributed by atoms with Gasteiger partial charge in [-0.3, -0.25) is 0 Å². The second-order valence-corrected chi connectivity index (χ2v) is 4.52. The van der Waals surface area contributed by atoms with Gasteiger partial charge < -0.3 is 15.2 Å². The zero-order chi connectivity index (χ0) is 12.7. The summed E-state index contributed by atoms with van der Waals surface area (Å²) in [5.74, 6) is 0.608. The third kappa shape index (κ3) is 6.45. The first-order chi connectivity index (χ1) is 8.13. The second kappa shape index (κ2) is 9.45. The van der Waals surface area contributed by atoms with E-state index in [4.69, 9.17) is 16.3 Å². The van der Waals surface area contributed by atoms with Gasteiger partial charge in [0.15, 0.2) is 0 Å². The summed E-state index contributed by atoms with van der Waals surface area (Å²) in [6, 6.07) is 7.66. The minimum Gasteiger partial charge on any atom is -0.489 e. The van der Waals surface area contributed by atoms with Crippen LogP contribution in [0.5, 0.6) is 5.75 Å². The minimum absolute atomic E-state index is 0. The highest BCUT2D eigenvalue weighted by molar-refractivity contribution is 6.32. The van der Waals surface area contributed by atoms with Crippen molar-refractivity contribution < 1.29 is 9.84 Å². The Kier molecular flexibility index (Phi) is 9.20. The van der Waals surface area contributed by atoms with E-state index in [2.05, 4.69) is 19.2 Å². The quantitative estimate of drug-likeness (QED) is 0.812. The van der Waals surface area contributed by atoms with E-state index < -0.39 is 6.10 Å². The number of para-hydroxylation sites is 1. The maximum absolute atomic E-state index is 9.72. The Balaban J connectivity index is 0.00000289. The smallest absolute Gasteiger partial charge is 0.138 e. The van der Waals surface area contributed by atoms with Gasteiger partial charge in [0.1, 0.15) is 18.5 Å². The van der Waals surface area contributed by atoms with E-state index in [1.807, 2.05) is 12.1 Å². The highest BCUT2D eigenvalue weighted by Gasteiger charge is 2.08. The van der Waals surface area contributed by atoms with Crippen molar-refractivity contribution in [3.8, 4) is 5.75 Å². The van der Waals surface area contributed by atoms with Crippen LogP contribution in [0, 0.1) is 0 Å². The topological polar surface area (TPSA) is 41.5 Å². The fraction of sp³-hybridized carbons (Fsp3) is 0.538. The molecule has 104 valence electrons. The largest absolute Gasteiger partial charge is 0.489 e. The zero-order valence-electron chi connectivity index (χ0n) is 10.7. The normalized spacial score (nSPS) is 13.6. The van der Waals surface area contributed by atoms with E-state index in [-0.39, 0.29) is 19.0 Å². The first-order valence-corrected chi connectivity index (χ1v) is 6.30. The van der Waals surface area contributed by atoms with E-state index in [1.54, 1.807) is 12.1 Å². The Hall–Kier alpha value is -0.480. The molecular weight excluding hydrogens is 273 g/mol. The summed E-state index contributed by atoms with van der Waals surface area (Å²) in [6.07, 6.45) is 0.512. The van der Waals surface area contributed by atoms with Gasteiger partial charge in [0.2, 0.25) is 0 Å². The fourth-order valence-corrected chi connectivity index (χ4v) is 1.48.